The Morgan fingerprint density at radius 1 is 1.50 bits per heavy atom. The number of hydrogen-bond acceptors (Lipinski definition) is 3. The van der Waals surface area contributed by atoms with Crippen LogP contribution in [-0.4, -0.2) is 12.1 Å². The fourth-order valence-corrected chi connectivity index (χ4v) is 1.17. The molecule has 1 aromatic rings. The van der Waals surface area contributed by atoms with Crippen molar-refractivity contribution in [1.82, 2.24) is 0 Å². The molecule has 0 bridgehead atoms. The van der Waals surface area contributed by atoms with E-state index in [1.54, 1.807) is 32.0 Å². The third kappa shape index (κ3) is 2.39. The maximum absolute atomic E-state index is 11.5. The van der Waals surface area contributed by atoms with Gasteiger partial charge in [0.25, 0.3) is 0 Å². The van der Waals surface area contributed by atoms with E-state index >= 15 is 0 Å². The summed E-state index contributed by atoms with van der Waals surface area (Å²) in [4.78, 5) is 11.5. The molecule has 0 saturated heterocycles. The van der Waals surface area contributed by atoms with Crippen LogP contribution in [0.1, 0.15) is 24.2 Å². The zero-order valence-electron chi connectivity index (χ0n) is 8.08. The molecule has 3 nitrogen and oxygen atoms in total. The van der Waals surface area contributed by atoms with Gasteiger partial charge < -0.3 is 10.5 Å². The van der Waals surface area contributed by atoms with E-state index in [1.165, 1.54) is 0 Å². The van der Waals surface area contributed by atoms with Crippen LogP contribution >= 0.6 is 11.6 Å². The quantitative estimate of drug-likeness (QED) is 0.607. The molecule has 1 rings (SSSR count). The van der Waals surface area contributed by atoms with E-state index in [9.17, 15) is 4.79 Å². The Balaban J connectivity index is 2.96. The number of halogens is 1. The summed E-state index contributed by atoms with van der Waals surface area (Å²) >= 11 is 5.76. The number of anilines is 1. The summed E-state index contributed by atoms with van der Waals surface area (Å²) in [5.74, 6) is -0.444. The summed E-state index contributed by atoms with van der Waals surface area (Å²) in [6.07, 6.45) is -0.166. The smallest absolute Gasteiger partial charge is 0.340 e. The largest absolute Gasteiger partial charge is 0.459 e. The van der Waals surface area contributed by atoms with E-state index in [1.807, 2.05) is 0 Å². The highest BCUT2D eigenvalue weighted by Gasteiger charge is 2.13. The van der Waals surface area contributed by atoms with Crippen LogP contribution < -0.4 is 5.73 Å². The monoisotopic (exact) mass is 213 g/mol. The minimum absolute atomic E-state index is 0.166. The highest BCUT2D eigenvalue weighted by atomic mass is 35.5. The second-order valence-electron chi connectivity index (χ2n) is 3.16. The molecule has 1 aromatic carbocycles. The minimum atomic E-state index is -0.444. The normalized spacial score (nSPS) is 10.3. The van der Waals surface area contributed by atoms with E-state index in [0.29, 0.717) is 10.6 Å². The van der Waals surface area contributed by atoms with Gasteiger partial charge in [-0.1, -0.05) is 17.7 Å². The Labute approximate surface area is 87.8 Å². The van der Waals surface area contributed by atoms with Gasteiger partial charge in [-0.15, -0.1) is 0 Å². The summed E-state index contributed by atoms with van der Waals surface area (Å²) in [7, 11) is 0. The molecule has 0 aromatic heterocycles. The summed E-state index contributed by atoms with van der Waals surface area (Å²) < 4.78 is 4.99. The van der Waals surface area contributed by atoms with Crippen molar-refractivity contribution < 1.29 is 9.53 Å². The second-order valence-corrected chi connectivity index (χ2v) is 3.56. The lowest BCUT2D eigenvalue weighted by molar-refractivity contribution is 0.0379. The highest BCUT2D eigenvalue weighted by molar-refractivity contribution is 6.33. The molecule has 0 amide bonds. The number of hydrogen-bond donors (Lipinski definition) is 1. The van der Waals surface area contributed by atoms with Gasteiger partial charge in [0, 0.05) is 0 Å². The molecule has 0 heterocycles. The number of para-hydroxylation sites is 1. The Hall–Kier alpha value is -1.22. The van der Waals surface area contributed by atoms with Gasteiger partial charge in [-0.2, -0.15) is 0 Å². The van der Waals surface area contributed by atoms with E-state index < -0.39 is 5.97 Å². The van der Waals surface area contributed by atoms with Gasteiger partial charge in [0.05, 0.1) is 22.4 Å². The number of esters is 1. The fraction of sp³-hybridized carbons (Fsp3) is 0.300. The van der Waals surface area contributed by atoms with E-state index in [0.717, 1.165) is 0 Å². The number of nitrogens with two attached hydrogens (primary N) is 1. The standard InChI is InChI=1S/C10H12ClNO2/c1-6(2)14-10(13)7-4-3-5-8(11)9(7)12/h3-6H,12H2,1-2H3. The summed E-state index contributed by atoms with van der Waals surface area (Å²) in [6, 6.07) is 4.88. The number of carbonyl (C=O) groups excluding carboxylic acids is 1. The third-order valence-corrected chi connectivity index (χ3v) is 1.95. The van der Waals surface area contributed by atoms with Crippen molar-refractivity contribution in [2.24, 2.45) is 0 Å². The average Bonchev–Trinajstić information content (AvgIpc) is 2.08. The summed E-state index contributed by atoms with van der Waals surface area (Å²) in [6.45, 7) is 3.55. The molecule has 2 N–H and O–H groups in total. The van der Waals surface area contributed by atoms with E-state index in [-0.39, 0.29) is 11.8 Å². The van der Waals surface area contributed by atoms with Gasteiger partial charge >= 0.3 is 5.97 Å². The molecule has 0 unspecified atom stereocenters. The number of benzene rings is 1. The van der Waals surface area contributed by atoms with Gasteiger partial charge in [0.2, 0.25) is 0 Å². The van der Waals surface area contributed by atoms with Crippen LogP contribution in [0.4, 0.5) is 5.69 Å². The molecule has 0 aliphatic rings. The maximum Gasteiger partial charge on any atom is 0.340 e. The molecule has 0 radical (unpaired) electrons. The molecular weight excluding hydrogens is 202 g/mol. The van der Waals surface area contributed by atoms with Gasteiger partial charge in [-0.05, 0) is 26.0 Å². The van der Waals surface area contributed by atoms with Gasteiger partial charge in [0.1, 0.15) is 0 Å². The van der Waals surface area contributed by atoms with Crippen molar-refractivity contribution in [1.29, 1.82) is 0 Å². The van der Waals surface area contributed by atoms with Crippen LogP contribution in [-0.2, 0) is 4.74 Å². The second kappa shape index (κ2) is 4.33. The molecule has 0 fully saturated rings. The zero-order valence-corrected chi connectivity index (χ0v) is 8.84. The number of carbonyl (C=O) groups is 1. The lowest BCUT2D eigenvalue weighted by Gasteiger charge is -2.09. The van der Waals surface area contributed by atoms with E-state index in [2.05, 4.69) is 0 Å². The molecule has 0 atom stereocenters. The molecular formula is C10H12ClNO2. The third-order valence-electron chi connectivity index (χ3n) is 1.62. The SMILES string of the molecule is CC(C)OC(=O)c1cccc(Cl)c1N. The van der Waals surface area contributed by atoms with Crippen molar-refractivity contribution in [2.45, 2.75) is 20.0 Å². The van der Waals surface area contributed by atoms with Crippen molar-refractivity contribution in [2.75, 3.05) is 5.73 Å². The van der Waals surface area contributed by atoms with Crippen LogP contribution in [0.5, 0.6) is 0 Å². The van der Waals surface area contributed by atoms with Crippen LogP contribution in [0.25, 0.3) is 0 Å². The number of ether oxygens (including phenoxy) is 1. The predicted octanol–water partition coefficient (Wildman–Crippen LogP) is 2.49. The molecule has 0 spiro atoms. The molecule has 4 heteroatoms. The van der Waals surface area contributed by atoms with E-state index in [4.69, 9.17) is 22.1 Å². The average molecular weight is 214 g/mol. The number of rotatable bonds is 2. The molecule has 0 aliphatic carbocycles. The predicted molar refractivity (Wildman–Crippen MR) is 56.4 cm³/mol. The lowest BCUT2D eigenvalue weighted by atomic mass is 10.2. The topological polar surface area (TPSA) is 52.3 Å². The van der Waals surface area contributed by atoms with Gasteiger partial charge in [-0.25, -0.2) is 4.79 Å². The number of nitrogen functional groups attached to an aromatic ring is 1. The fourth-order valence-electron chi connectivity index (χ4n) is 0.993. The Morgan fingerprint density at radius 3 is 2.71 bits per heavy atom. The van der Waals surface area contributed by atoms with Crippen molar-refractivity contribution >= 4 is 23.3 Å². The Morgan fingerprint density at radius 2 is 2.14 bits per heavy atom. The van der Waals surface area contributed by atoms with Crippen LogP contribution in [0, 0.1) is 0 Å². The molecule has 0 aliphatic heterocycles. The van der Waals surface area contributed by atoms with Crippen LogP contribution in [0.15, 0.2) is 18.2 Å². The van der Waals surface area contributed by atoms with Crippen LogP contribution in [0.3, 0.4) is 0 Å². The first-order valence-corrected chi connectivity index (χ1v) is 4.65. The molecule has 76 valence electrons. The Bertz CT molecular complexity index is 350. The first-order chi connectivity index (χ1) is 6.52. The van der Waals surface area contributed by atoms with Crippen molar-refractivity contribution in [3.8, 4) is 0 Å². The van der Waals surface area contributed by atoms with Crippen LogP contribution in [0.2, 0.25) is 5.02 Å². The lowest BCUT2D eigenvalue weighted by Crippen LogP contribution is -2.13. The molecule has 0 saturated carbocycles. The van der Waals surface area contributed by atoms with Gasteiger partial charge in [0.15, 0.2) is 0 Å². The minimum Gasteiger partial charge on any atom is -0.459 e. The zero-order chi connectivity index (χ0) is 10.7. The van der Waals surface area contributed by atoms with Gasteiger partial charge in [-0.3, -0.25) is 0 Å². The highest BCUT2D eigenvalue weighted by Crippen LogP contribution is 2.23. The molecule has 14 heavy (non-hydrogen) atoms. The summed E-state index contributed by atoms with van der Waals surface area (Å²) in [5.41, 5.74) is 6.20. The van der Waals surface area contributed by atoms with Crippen molar-refractivity contribution in [3.05, 3.63) is 28.8 Å². The first-order valence-electron chi connectivity index (χ1n) is 4.27. The summed E-state index contributed by atoms with van der Waals surface area (Å²) in [5, 5.41) is 0.364. The first kappa shape index (κ1) is 10.9. The van der Waals surface area contributed by atoms with Crippen molar-refractivity contribution in [3.63, 3.8) is 0 Å². The maximum atomic E-state index is 11.5. The Kier molecular flexibility index (Phi) is 3.36.